The van der Waals surface area contributed by atoms with Crippen LogP contribution in [0, 0.1) is 0 Å². The van der Waals surface area contributed by atoms with E-state index in [1.807, 2.05) is 12.1 Å². The van der Waals surface area contributed by atoms with Crippen LogP contribution in [-0.4, -0.2) is 24.4 Å². The summed E-state index contributed by atoms with van der Waals surface area (Å²) in [6.45, 7) is 1.51. The number of aliphatic hydroxyl groups excluding tert-OH is 1. The lowest BCUT2D eigenvalue weighted by Crippen LogP contribution is -2.16. The number of hydrogen-bond donors (Lipinski definition) is 1. The third-order valence-corrected chi connectivity index (χ3v) is 3.62. The zero-order valence-corrected chi connectivity index (χ0v) is 9.89. The van der Waals surface area contributed by atoms with Crippen molar-refractivity contribution in [3.8, 4) is 5.75 Å². The molecule has 1 aromatic carbocycles. The van der Waals surface area contributed by atoms with Gasteiger partial charge >= 0.3 is 0 Å². The molecule has 1 N–H and O–H groups in total. The summed E-state index contributed by atoms with van der Waals surface area (Å²) in [5.74, 6) is 0.897. The van der Waals surface area contributed by atoms with E-state index in [1.165, 1.54) is 5.56 Å². The van der Waals surface area contributed by atoms with Gasteiger partial charge in [-0.1, -0.05) is 6.07 Å². The first-order chi connectivity index (χ1) is 8.33. The van der Waals surface area contributed by atoms with E-state index in [9.17, 15) is 5.11 Å². The van der Waals surface area contributed by atoms with Gasteiger partial charge in [-0.2, -0.15) is 0 Å². The first-order valence-corrected chi connectivity index (χ1v) is 6.38. The van der Waals surface area contributed by atoms with E-state index in [2.05, 4.69) is 6.07 Å². The molecule has 2 atom stereocenters. The van der Waals surface area contributed by atoms with Crippen molar-refractivity contribution in [2.75, 3.05) is 13.2 Å². The molecule has 92 valence electrons. The minimum Gasteiger partial charge on any atom is -0.491 e. The van der Waals surface area contributed by atoms with Crippen molar-refractivity contribution in [3.05, 3.63) is 29.3 Å². The molecule has 0 aromatic heterocycles. The van der Waals surface area contributed by atoms with Gasteiger partial charge < -0.3 is 14.6 Å². The maximum Gasteiger partial charge on any atom is 0.119 e. The van der Waals surface area contributed by atoms with Gasteiger partial charge in [-0.3, -0.25) is 0 Å². The van der Waals surface area contributed by atoms with E-state index in [0.717, 1.165) is 43.6 Å². The molecule has 3 rings (SSSR count). The SMILES string of the molecule is O[C@@H]1CCc2cc(OCC3CCCO3)ccc21. The summed E-state index contributed by atoms with van der Waals surface area (Å²) < 4.78 is 11.3. The predicted molar refractivity (Wildman–Crippen MR) is 64.2 cm³/mol. The first kappa shape index (κ1) is 11.1. The Kier molecular flexibility index (Phi) is 3.04. The van der Waals surface area contributed by atoms with Crippen molar-refractivity contribution in [1.29, 1.82) is 0 Å². The van der Waals surface area contributed by atoms with Crippen molar-refractivity contribution in [2.24, 2.45) is 0 Å². The summed E-state index contributed by atoms with van der Waals surface area (Å²) in [5, 5.41) is 9.71. The number of rotatable bonds is 3. The van der Waals surface area contributed by atoms with Crippen molar-refractivity contribution in [2.45, 2.75) is 37.9 Å². The van der Waals surface area contributed by atoms with Crippen LogP contribution in [0.4, 0.5) is 0 Å². The van der Waals surface area contributed by atoms with Crippen LogP contribution in [-0.2, 0) is 11.2 Å². The second-order valence-electron chi connectivity index (χ2n) is 4.86. The van der Waals surface area contributed by atoms with Gasteiger partial charge in [-0.15, -0.1) is 0 Å². The highest BCUT2D eigenvalue weighted by Gasteiger charge is 2.21. The molecule has 1 heterocycles. The van der Waals surface area contributed by atoms with Crippen LogP contribution in [0.5, 0.6) is 5.75 Å². The largest absolute Gasteiger partial charge is 0.491 e. The molecule has 1 fully saturated rings. The van der Waals surface area contributed by atoms with Gasteiger partial charge in [0.05, 0.1) is 12.2 Å². The summed E-state index contributed by atoms with van der Waals surface area (Å²) in [7, 11) is 0. The normalized spacial score (nSPS) is 27.1. The highest BCUT2D eigenvalue weighted by molar-refractivity contribution is 5.39. The molecule has 3 heteroatoms. The van der Waals surface area contributed by atoms with E-state index in [0.29, 0.717) is 6.61 Å². The number of benzene rings is 1. The molecule has 1 aliphatic heterocycles. The van der Waals surface area contributed by atoms with Crippen LogP contribution in [0.1, 0.15) is 36.5 Å². The van der Waals surface area contributed by atoms with Crippen LogP contribution in [0.25, 0.3) is 0 Å². The molecule has 0 bridgehead atoms. The third kappa shape index (κ3) is 2.31. The van der Waals surface area contributed by atoms with Gasteiger partial charge in [-0.05, 0) is 48.9 Å². The second kappa shape index (κ2) is 4.67. The quantitative estimate of drug-likeness (QED) is 0.871. The molecule has 1 unspecified atom stereocenters. The van der Waals surface area contributed by atoms with Gasteiger partial charge in [0.25, 0.3) is 0 Å². The number of fused-ring (bicyclic) bond motifs is 1. The fraction of sp³-hybridized carbons (Fsp3) is 0.571. The Bertz CT molecular complexity index is 396. The molecule has 1 saturated heterocycles. The van der Waals surface area contributed by atoms with Crippen molar-refractivity contribution >= 4 is 0 Å². The van der Waals surface area contributed by atoms with E-state index in [-0.39, 0.29) is 12.2 Å². The van der Waals surface area contributed by atoms with Crippen molar-refractivity contribution in [1.82, 2.24) is 0 Å². The van der Waals surface area contributed by atoms with Crippen molar-refractivity contribution < 1.29 is 14.6 Å². The summed E-state index contributed by atoms with van der Waals surface area (Å²) in [5.41, 5.74) is 2.29. The molecule has 2 aliphatic rings. The molecule has 3 nitrogen and oxygen atoms in total. The van der Waals surface area contributed by atoms with E-state index < -0.39 is 0 Å². The van der Waals surface area contributed by atoms with Gasteiger partial charge in [0.1, 0.15) is 12.4 Å². The molecule has 1 aromatic rings. The Balaban J connectivity index is 1.64. The van der Waals surface area contributed by atoms with E-state index >= 15 is 0 Å². The van der Waals surface area contributed by atoms with Gasteiger partial charge in [0, 0.05) is 6.61 Å². The zero-order chi connectivity index (χ0) is 11.7. The topological polar surface area (TPSA) is 38.7 Å². The standard InChI is InChI=1S/C14H18O3/c15-14-6-3-10-8-11(4-5-13(10)14)17-9-12-2-1-7-16-12/h4-5,8,12,14-15H,1-3,6-7,9H2/t12?,14-/m1/s1. The van der Waals surface area contributed by atoms with Crippen LogP contribution in [0.3, 0.4) is 0 Å². The minimum atomic E-state index is -0.280. The Morgan fingerprint density at radius 1 is 1.35 bits per heavy atom. The Morgan fingerprint density at radius 2 is 2.29 bits per heavy atom. The lowest BCUT2D eigenvalue weighted by atomic mass is 10.1. The Labute approximate surface area is 101 Å². The van der Waals surface area contributed by atoms with Crippen LogP contribution >= 0.6 is 0 Å². The minimum absolute atomic E-state index is 0.258. The summed E-state index contributed by atoms with van der Waals surface area (Å²) >= 11 is 0. The highest BCUT2D eigenvalue weighted by Crippen LogP contribution is 2.33. The molecule has 0 saturated carbocycles. The lowest BCUT2D eigenvalue weighted by molar-refractivity contribution is 0.0679. The molecule has 0 spiro atoms. The van der Waals surface area contributed by atoms with E-state index in [1.54, 1.807) is 0 Å². The highest BCUT2D eigenvalue weighted by atomic mass is 16.5. The fourth-order valence-corrected chi connectivity index (χ4v) is 2.63. The van der Waals surface area contributed by atoms with Gasteiger partial charge in [0.2, 0.25) is 0 Å². The summed E-state index contributed by atoms with van der Waals surface area (Å²) in [6, 6.07) is 5.99. The predicted octanol–water partition coefficient (Wildman–Crippen LogP) is 2.22. The average molecular weight is 234 g/mol. The zero-order valence-electron chi connectivity index (χ0n) is 9.89. The summed E-state index contributed by atoms with van der Waals surface area (Å²) in [6.07, 6.45) is 4.01. The number of aliphatic hydroxyl groups is 1. The Morgan fingerprint density at radius 3 is 3.12 bits per heavy atom. The maximum atomic E-state index is 9.71. The fourth-order valence-electron chi connectivity index (χ4n) is 2.63. The lowest BCUT2D eigenvalue weighted by Gasteiger charge is -2.12. The Hall–Kier alpha value is -1.06. The van der Waals surface area contributed by atoms with Gasteiger partial charge in [0.15, 0.2) is 0 Å². The molecular formula is C14H18O3. The maximum absolute atomic E-state index is 9.71. The average Bonchev–Trinajstić information content (AvgIpc) is 2.97. The number of ether oxygens (including phenoxy) is 2. The van der Waals surface area contributed by atoms with Crippen LogP contribution in [0.15, 0.2) is 18.2 Å². The summed E-state index contributed by atoms with van der Waals surface area (Å²) in [4.78, 5) is 0. The monoisotopic (exact) mass is 234 g/mol. The first-order valence-electron chi connectivity index (χ1n) is 6.38. The molecule has 0 amide bonds. The molecule has 1 aliphatic carbocycles. The number of hydrogen-bond acceptors (Lipinski definition) is 3. The van der Waals surface area contributed by atoms with E-state index in [4.69, 9.17) is 9.47 Å². The van der Waals surface area contributed by atoms with Crippen LogP contribution < -0.4 is 4.74 Å². The molecule has 17 heavy (non-hydrogen) atoms. The molecular weight excluding hydrogens is 216 g/mol. The third-order valence-electron chi connectivity index (χ3n) is 3.62. The van der Waals surface area contributed by atoms with Crippen molar-refractivity contribution in [3.63, 3.8) is 0 Å². The smallest absolute Gasteiger partial charge is 0.119 e. The number of aryl methyl sites for hydroxylation is 1. The second-order valence-corrected chi connectivity index (χ2v) is 4.86. The molecule has 0 radical (unpaired) electrons. The van der Waals surface area contributed by atoms with Gasteiger partial charge in [-0.25, -0.2) is 0 Å². The van der Waals surface area contributed by atoms with Crippen LogP contribution in [0.2, 0.25) is 0 Å².